The highest BCUT2D eigenvalue weighted by Gasteiger charge is 2.12. The average molecular weight is 321 g/mol. The molecule has 0 amide bonds. The Labute approximate surface area is 114 Å². The summed E-state index contributed by atoms with van der Waals surface area (Å²) >= 11 is 0. The molecule has 13 heteroatoms. The first-order valence-electron chi connectivity index (χ1n) is 4.43. The van der Waals surface area contributed by atoms with Crippen LogP contribution >= 0.6 is 25.5 Å². The molecule has 0 aliphatic heterocycles. The molecule has 0 aliphatic carbocycles. The molecule has 10 nitrogen and oxygen atoms in total. The van der Waals surface area contributed by atoms with Crippen LogP contribution in [0.25, 0.3) is 0 Å². The highest BCUT2D eigenvalue weighted by atomic mass is 31.1. The van der Waals surface area contributed by atoms with Crippen molar-refractivity contribution in [1.82, 2.24) is 13.5 Å². The number of hydrogen-bond acceptors (Lipinski definition) is 9. The minimum absolute atomic E-state index is 0. The first-order valence-corrected chi connectivity index (χ1v) is 6.83. The minimum Gasteiger partial charge on any atom is -0.412 e. The van der Waals surface area contributed by atoms with Crippen molar-refractivity contribution in [3.05, 3.63) is 0 Å². The summed E-state index contributed by atoms with van der Waals surface area (Å²) in [6.07, 6.45) is 0. The Morgan fingerprint density at radius 3 is 0.737 bits per heavy atom. The van der Waals surface area contributed by atoms with Gasteiger partial charge in [-0.2, -0.15) is 13.5 Å². The summed E-state index contributed by atoms with van der Waals surface area (Å²) in [7, 11) is 2.49. The smallest absolute Gasteiger partial charge is 0.166 e. The van der Waals surface area contributed by atoms with Gasteiger partial charge in [-0.25, -0.2) is 0 Å². The molecule has 0 unspecified atom stereocenters. The van der Waals surface area contributed by atoms with Crippen LogP contribution in [0.1, 0.15) is 0 Å². The van der Waals surface area contributed by atoms with Gasteiger partial charge in [0.1, 0.15) is 0 Å². The number of nitrogens with zero attached hydrogens (tertiary/aromatic N) is 3. The molecule has 14 N–H and O–H groups in total. The van der Waals surface area contributed by atoms with Gasteiger partial charge in [-0.15, -0.1) is 0 Å². The summed E-state index contributed by atoms with van der Waals surface area (Å²) < 4.78 is 11.3. The average Bonchev–Trinajstić information content (AvgIpc) is 2.43. The van der Waals surface area contributed by atoms with Crippen molar-refractivity contribution in [3.8, 4) is 0 Å². The molecule has 2 rings (SSSR count). The SMILES string of the molecule is Nc1c(N)c(N)c(N)c(N)c1N.O.n1pnpnp1. The van der Waals surface area contributed by atoms with Crippen LogP contribution in [0.5, 0.6) is 0 Å². The zero-order chi connectivity index (χ0) is 13.7. The molecule has 2 aromatic rings. The largest absolute Gasteiger partial charge is 0.412 e. The van der Waals surface area contributed by atoms with E-state index in [1.54, 1.807) is 0 Å². The highest BCUT2D eigenvalue weighted by molar-refractivity contribution is 7.43. The van der Waals surface area contributed by atoms with Crippen molar-refractivity contribution in [1.29, 1.82) is 0 Å². The third-order valence-electron chi connectivity index (χ3n) is 1.98. The van der Waals surface area contributed by atoms with Crippen molar-refractivity contribution < 1.29 is 5.48 Å². The van der Waals surface area contributed by atoms with Gasteiger partial charge in [0, 0.05) is 0 Å². The fourth-order valence-corrected chi connectivity index (χ4v) is 2.80. The molecule has 0 atom stereocenters. The maximum Gasteiger partial charge on any atom is 0.166 e. The van der Waals surface area contributed by atoms with Crippen LogP contribution in [0.4, 0.5) is 34.1 Å². The Morgan fingerprint density at radius 2 is 0.632 bits per heavy atom. The topological polar surface area (TPSA) is 226 Å². The van der Waals surface area contributed by atoms with Crippen LogP contribution in [0, 0.1) is 0 Å². The first kappa shape index (κ1) is 17.3. The van der Waals surface area contributed by atoms with Gasteiger partial charge in [0.2, 0.25) is 0 Å². The Morgan fingerprint density at radius 1 is 0.474 bits per heavy atom. The number of nitrogen functional groups attached to an aromatic ring is 6. The molecule has 0 saturated carbocycles. The van der Waals surface area contributed by atoms with E-state index in [4.69, 9.17) is 34.4 Å². The Kier molecular flexibility index (Phi) is 6.96. The number of benzene rings is 1. The van der Waals surface area contributed by atoms with E-state index in [9.17, 15) is 0 Å². The summed E-state index contributed by atoms with van der Waals surface area (Å²) in [5, 5.41) is 0. The maximum atomic E-state index is 5.49. The number of aromatic nitrogens is 3. The Balaban J connectivity index is 0.000000392. The van der Waals surface area contributed by atoms with E-state index in [2.05, 4.69) is 13.5 Å². The standard InChI is InChI=1S/C6H12N6.N3P3.H2O/c7-1-2(8)4(10)6(12)5(11)3(1)9;1-4-2-6-3-5-1;/h7-12H2;;1H2. The van der Waals surface area contributed by atoms with E-state index in [-0.39, 0.29) is 39.6 Å². The van der Waals surface area contributed by atoms with Crippen LogP contribution < -0.4 is 34.4 Å². The predicted molar refractivity (Wildman–Crippen MR) is 83.9 cm³/mol. The number of rotatable bonds is 0. The number of anilines is 6. The zero-order valence-corrected chi connectivity index (χ0v) is 12.3. The molecule has 104 valence electrons. The molecule has 0 spiro atoms. The minimum atomic E-state index is 0. The normalized spacial score (nSPS) is 10.1. The Bertz CT molecular complexity index is 408. The molecule has 0 bridgehead atoms. The molecular weight excluding hydrogens is 307 g/mol. The second-order valence-electron chi connectivity index (χ2n) is 3.02. The lowest BCUT2D eigenvalue weighted by molar-refractivity contribution is 0.824. The second-order valence-corrected chi connectivity index (χ2v) is 5.70. The molecule has 0 aliphatic rings. The molecule has 19 heavy (non-hydrogen) atoms. The summed E-state index contributed by atoms with van der Waals surface area (Å²) in [5.74, 6) is 0. The van der Waals surface area contributed by atoms with Crippen molar-refractivity contribution >= 4 is 59.7 Å². The molecule has 0 saturated heterocycles. The number of hydrogen-bond donors (Lipinski definition) is 6. The lowest BCUT2D eigenvalue weighted by Gasteiger charge is -2.13. The van der Waals surface area contributed by atoms with Gasteiger partial charge in [-0.05, 0) is 0 Å². The van der Waals surface area contributed by atoms with Crippen molar-refractivity contribution in [2.24, 2.45) is 0 Å². The summed E-state index contributed by atoms with van der Waals surface area (Å²) in [4.78, 5) is 0. The monoisotopic (exact) mass is 321 g/mol. The van der Waals surface area contributed by atoms with E-state index in [0.29, 0.717) is 0 Å². The molecule has 1 aromatic heterocycles. The van der Waals surface area contributed by atoms with Crippen molar-refractivity contribution in [2.75, 3.05) is 34.4 Å². The van der Waals surface area contributed by atoms with Gasteiger partial charge in [0.25, 0.3) is 0 Å². The fraction of sp³-hybridized carbons (Fsp3) is 0. The van der Waals surface area contributed by atoms with E-state index >= 15 is 0 Å². The van der Waals surface area contributed by atoms with Crippen LogP contribution in [0.2, 0.25) is 0 Å². The molecule has 0 radical (unpaired) electrons. The molecule has 1 aromatic carbocycles. The third kappa shape index (κ3) is 4.15. The van der Waals surface area contributed by atoms with E-state index < -0.39 is 0 Å². The van der Waals surface area contributed by atoms with Crippen LogP contribution in [-0.4, -0.2) is 19.0 Å². The van der Waals surface area contributed by atoms with Gasteiger partial charge >= 0.3 is 0 Å². The molecule has 1 heterocycles. The zero-order valence-electron chi connectivity index (χ0n) is 9.65. The van der Waals surface area contributed by atoms with Crippen LogP contribution in [-0.2, 0) is 0 Å². The fourth-order valence-electron chi connectivity index (χ4n) is 0.978. The highest BCUT2D eigenvalue weighted by Crippen LogP contribution is 2.39. The lowest BCUT2D eigenvalue weighted by Crippen LogP contribution is -2.10. The maximum absolute atomic E-state index is 5.49. The third-order valence-corrected chi connectivity index (χ3v) is 3.90. The predicted octanol–water partition coefficient (Wildman–Crippen LogP) is -0.0330. The van der Waals surface area contributed by atoms with E-state index in [1.165, 1.54) is 0 Å². The van der Waals surface area contributed by atoms with E-state index in [1.807, 2.05) is 0 Å². The number of nitrogens with two attached hydrogens (primary N) is 6. The summed E-state index contributed by atoms with van der Waals surface area (Å²) in [6.45, 7) is 0. The van der Waals surface area contributed by atoms with Crippen molar-refractivity contribution in [3.63, 3.8) is 0 Å². The summed E-state index contributed by atoms with van der Waals surface area (Å²) in [6, 6.07) is 0. The van der Waals surface area contributed by atoms with Gasteiger partial charge in [-0.1, -0.05) is 0 Å². The second kappa shape index (κ2) is 7.66. The van der Waals surface area contributed by atoms with Gasteiger partial charge < -0.3 is 39.9 Å². The first-order chi connectivity index (χ1) is 8.46. The quantitative estimate of drug-likeness (QED) is 0.357. The molecular formula is C6H14N9OP3. The van der Waals surface area contributed by atoms with E-state index in [0.717, 1.165) is 25.5 Å². The van der Waals surface area contributed by atoms with Crippen LogP contribution in [0.15, 0.2) is 0 Å². The van der Waals surface area contributed by atoms with Gasteiger partial charge in [0.15, 0.2) is 25.5 Å². The van der Waals surface area contributed by atoms with Gasteiger partial charge in [0.05, 0.1) is 34.1 Å². The Hall–Kier alpha value is -1.72. The van der Waals surface area contributed by atoms with Gasteiger partial charge in [-0.3, -0.25) is 0 Å². The molecule has 0 fully saturated rings. The summed E-state index contributed by atoms with van der Waals surface area (Å²) in [5.41, 5.74) is 34.0. The lowest BCUT2D eigenvalue weighted by atomic mass is 10.1. The van der Waals surface area contributed by atoms with Crippen LogP contribution in [0.3, 0.4) is 0 Å². The van der Waals surface area contributed by atoms with Crippen molar-refractivity contribution in [2.45, 2.75) is 0 Å².